The van der Waals surface area contributed by atoms with Crippen LogP contribution in [0.25, 0.3) is 0 Å². The second kappa shape index (κ2) is 15.2. The first kappa shape index (κ1) is 32.2. The molecule has 0 fully saturated rings. The molecule has 0 saturated heterocycles. The van der Waals surface area contributed by atoms with Gasteiger partial charge in [0, 0.05) is 0 Å². The maximum absolute atomic E-state index is 12.7. The van der Waals surface area contributed by atoms with E-state index in [1.165, 1.54) is 0 Å². The molecule has 0 saturated carbocycles. The van der Waals surface area contributed by atoms with E-state index in [9.17, 15) is 43.2 Å². The number of amides is 8. The summed E-state index contributed by atoms with van der Waals surface area (Å²) in [5.41, 5.74) is 25.4. The molecule has 37 heavy (non-hydrogen) atoms. The van der Waals surface area contributed by atoms with Crippen LogP contribution in [0.4, 0.5) is 0 Å². The molecule has 0 spiro atoms. The molecule has 19 nitrogen and oxygen atoms in total. The third-order valence-corrected chi connectivity index (χ3v) is 4.30. The summed E-state index contributed by atoms with van der Waals surface area (Å²) in [7, 11) is 0. The molecule has 0 radical (unpaired) electrons. The molecule has 0 bridgehead atoms. The number of carbonyl (C=O) groups is 9. The Morgan fingerprint density at radius 1 is 0.568 bits per heavy atom. The van der Waals surface area contributed by atoms with E-state index in [0.717, 1.165) is 0 Å². The van der Waals surface area contributed by atoms with Crippen molar-refractivity contribution in [3.63, 3.8) is 0 Å². The quantitative estimate of drug-likeness (QED) is 0.0839. The first-order chi connectivity index (χ1) is 17.0. The van der Waals surface area contributed by atoms with Gasteiger partial charge in [-0.3, -0.25) is 38.4 Å². The Morgan fingerprint density at radius 3 is 1.35 bits per heavy atom. The maximum atomic E-state index is 12.7. The average Bonchev–Trinajstić information content (AvgIpc) is 2.74. The summed E-state index contributed by atoms with van der Waals surface area (Å²) < 4.78 is 0. The Bertz CT molecular complexity index is 954. The molecule has 0 aromatic rings. The summed E-state index contributed by atoms with van der Waals surface area (Å²) in [6.45, 7) is -0.757. The Kier molecular flexibility index (Phi) is 13.3. The van der Waals surface area contributed by atoms with Crippen molar-refractivity contribution in [3.05, 3.63) is 0 Å². The largest absolute Gasteiger partial charge is 0.480 e. The van der Waals surface area contributed by atoms with Gasteiger partial charge >= 0.3 is 5.97 Å². The second-order valence-corrected chi connectivity index (χ2v) is 7.59. The Morgan fingerprint density at radius 2 is 0.946 bits per heavy atom. The topological polar surface area (TPSA) is 352 Å². The van der Waals surface area contributed by atoms with Crippen molar-refractivity contribution in [1.29, 1.82) is 0 Å². The highest BCUT2D eigenvalue weighted by atomic mass is 16.4. The molecule has 19 heteroatoms. The standard InChI is InChI=1S/C18H29N9O10/c19-6(1-10(20)28)15(33)24-5-14(32)25-7(2-11(21)29)16(34)26-8(3-12(22)30)17(35)27-9(18(36)37)4-13(23)31/h6-9H,1-5,19H2,(H2,20,28)(H2,21,29)(H2,22,30)(H2,23,31)(H,24,33)(H,25,32)(H,26,34)(H,27,35)(H,36,37)/t6-,7-,8-,9-/m0/s1. The van der Waals surface area contributed by atoms with Gasteiger partial charge < -0.3 is 55.0 Å². The van der Waals surface area contributed by atoms with Crippen LogP contribution >= 0.6 is 0 Å². The zero-order valence-electron chi connectivity index (χ0n) is 19.4. The molecule has 8 amide bonds. The lowest BCUT2D eigenvalue weighted by Gasteiger charge is -2.23. The predicted octanol–water partition coefficient (Wildman–Crippen LogP) is -7.53. The summed E-state index contributed by atoms with van der Waals surface area (Å²) in [6.07, 6.45) is -2.96. The first-order valence-electron chi connectivity index (χ1n) is 10.3. The van der Waals surface area contributed by atoms with Gasteiger partial charge in [-0.1, -0.05) is 0 Å². The van der Waals surface area contributed by atoms with Crippen molar-refractivity contribution in [1.82, 2.24) is 21.3 Å². The van der Waals surface area contributed by atoms with Crippen molar-refractivity contribution >= 4 is 53.2 Å². The lowest BCUT2D eigenvalue weighted by atomic mass is 10.1. The van der Waals surface area contributed by atoms with E-state index < -0.39 is 110 Å². The first-order valence-corrected chi connectivity index (χ1v) is 10.3. The fourth-order valence-corrected chi connectivity index (χ4v) is 2.62. The molecule has 0 unspecified atom stereocenters. The Balaban J connectivity index is 5.44. The fourth-order valence-electron chi connectivity index (χ4n) is 2.62. The van der Waals surface area contributed by atoms with E-state index in [0.29, 0.717) is 0 Å². The zero-order valence-corrected chi connectivity index (χ0v) is 19.4. The fraction of sp³-hybridized carbons (Fsp3) is 0.500. The predicted molar refractivity (Wildman–Crippen MR) is 120 cm³/mol. The third-order valence-electron chi connectivity index (χ3n) is 4.30. The zero-order chi connectivity index (χ0) is 28.9. The van der Waals surface area contributed by atoms with E-state index in [2.05, 4.69) is 10.6 Å². The molecule has 0 aliphatic carbocycles. The van der Waals surface area contributed by atoms with Gasteiger partial charge in [0.25, 0.3) is 0 Å². The number of carboxylic acids is 1. The molecule has 0 rings (SSSR count). The smallest absolute Gasteiger partial charge is 0.326 e. The normalized spacial score (nSPS) is 13.5. The number of rotatable bonds is 17. The van der Waals surface area contributed by atoms with Crippen LogP contribution < -0.4 is 49.9 Å². The number of carboxylic acid groups (broad SMARTS) is 1. The lowest BCUT2D eigenvalue weighted by molar-refractivity contribution is -0.144. The molecular weight excluding hydrogens is 502 g/mol. The highest BCUT2D eigenvalue weighted by Gasteiger charge is 2.32. The number of hydrogen-bond donors (Lipinski definition) is 10. The third kappa shape index (κ3) is 13.6. The Labute approximate surface area is 208 Å². The van der Waals surface area contributed by atoms with E-state index >= 15 is 0 Å². The summed E-state index contributed by atoms with van der Waals surface area (Å²) in [6, 6.07) is -6.67. The van der Waals surface area contributed by atoms with Gasteiger partial charge in [0.1, 0.15) is 18.1 Å². The molecule has 0 aromatic carbocycles. The minimum absolute atomic E-state index is 0.508. The van der Waals surface area contributed by atoms with Crippen LogP contribution in [0.3, 0.4) is 0 Å². The molecule has 0 heterocycles. The van der Waals surface area contributed by atoms with Crippen LogP contribution in [0.1, 0.15) is 25.7 Å². The van der Waals surface area contributed by atoms with Crippen molar-refractivity contribution in [3.8, 4) is 0 Å². The van der Waals surface area contributed by atoms with E-state index in [4.69, 9.17) is 33.8 Å². The van der Waals surface area contributed by atoms with E-state index in [1.54, 1.807) is 0 Å². The summed E-state index contributed by atoms with van der Waals surface area (Å²) >= 11 is 0. The molecule has 206 valence electrons. The molecular formula is C18H29N9O10. The summed E-state index contributed by atoms with van der Waals surface area (Å²) in [4.78, 5) is 105. The van der Waals surface area contributed by atoms with Gasteiger partial charge in [-0.05, 0) is 0 Å². The van der Waals surface area contributed by atoms with Crippen molar-refractivity contribution in [2.75, 3.05) is 6.54 Å². The molecule has 15 N–H and O–H groups in total. The number of hydrogen-bond acceptors (Lipinski definition) is 10. The molecule has 0 aromatic heterocycles. The van der Waals surface area contributed by atoms with Crippen molar-refractivity contribution in [2.45, 2.75) is 49.9 Å². The molecule has 0 aliphatic rings. The van der Waals surface area contributed by atoms with Gasteiger partial charge in [0.15, 0.2) is 0 Å². The van der Waals surface area contributed by atoms with Crippen LogP contribution in [-0.2, 0) is 43.2 Å². The number of carbonyl (C=O) groups excluding carboxylic acids is 8. The maximum Gasteiger partial charge on any atom is 0.326 e. The van der Waals surface area contributed by atoms with E-state index in [-0.39, 0.29) is 0 Å². The Hall–Kier alpha value is -4.81. The number of primary amides is 4. The second-order valence-electron chi connectivity index (χ2n) is 7.59. The number of nitrogens with one attached hydrogen (secondary N) is 4. The van der Waals surface area contributed by atoms with E-state index in [1.807, 2.05) is 10.6 Å². The summed E-state index contributed by atoms with van der Waals surface area (Å²) in [5, 5.41) is 17.2. The van der Waals surface area contributed by atoms with Crippen LogP contribution in [0, 0.1) is 0 Å². The minimum Gasteiger partial charge on any atom is -0.480 e. The van der Waals surface area contributed by atoms with Gasteiger partial charge in [0.2, 0.25) is 47.3 Å². The van der Waals surface area contributed by atoms with Crippen LogP contribution in [0.5, 0.6) is 0 Å². The van der Waals surface area contributed by atoms with Gasteiger partial charge in [-0.15, -0.1) is 0 Å². The van der Waals surface area contributed by atoms with Crippen molar-refractivity contribution in [2.24, 2.45) is 28.7 Å². The van der Waals surface area contributed by atoms with Gasteiger partial charge in [-0.2, -0.15) is 0 Å². The van der Waals surface area contributed by atoms with Gasteiger partial charge in [0.05, 0.1) is 38.3 Å². The SMILES string of the molecule is NC(=O)C[C@H](NC(=O)[C@H](CC(N)=O)NC(=O)[C@H](CC(N)=O)NC(=O)CNC(=O)[C@@H](N)CC(N)=O)C(=O)O. The lowest BCUT2D eigenvalue weighted by Crippen LogP contribution is -2.58. The monoisotopic (exact) mass is 531 g/mol. The minimum atomic E-state index is -1.80. The highest BCUT2D eigenvalue weighted by Crippen LogP contribution is 2.00. The van der Waals surface area contributed by atoms with Crippen LogP contribution in [0.15, 0.2) is 0 Å². The van der Waals surface area contributed by atoms with Crippen molar-refractivity contribution < 1.29 is 48.3 Å². The molecule has 0 aliphatic heterocycles. The number of nitrogens with two attached hydrogens (primary N) is 5. The van der Waals surface area contributed by atoms with Gasteiger partial charge in [-0.25, -0.2) is 4.79 Å². The number of aliphatic carboxylic acids is 1. The van der Waals surface area contributed by atoms with Crippen LogP contribution in [0.2, 0.25) is 0 Å². The van der Waals surface area contributed by atoms with Crippen LogP contribution in [-0.4, -0.2) is 89.0 Å². The highest BCUT2D eigenvalue weighted by molar-refractivity contribution is 5.98. The average molecular weight is 531 g/mol. The molecule has 4 atom stereocenters. The summed E-state index contributed by atoms with van der Waals surface area (Å²) in [5.74, 6) is -10.2.